The monoisotopic (exact) mass is 375 g/mol. The molecule has 0 N–H and O–H groups in total. The molecule has 0 radical (unpaired) electrons. The molecular formula is C17H23ClFNO3S. The van der Waals surface area contributed by atoms with Crippen molar-refractivity contribution in [2.75, 3.05) is 13.1 Å². The van der Waals surface area contributed by atoms with Gasteiger partial charge in [-0.3, -0.25) is 4.79 Å². The Labute approximate surface area is 148 Å². The molecule has 24 heavy (non-hydrogen) atoms. The van der Waals surface area contributed by atoms with E-state index in [1.54, 1.807) is 0 Å². The number of Topliss-reactive ketones (excluding diaryl/α,β-unsaturated/α-hetero) is 1. The largest absolute Gasteiger partial charge is 0.299 e. The molecule has 1 heterocycles. The highest BCUT2D eigenvalue weighted by molar-refractivity contribution is 7.88. The molecule has 1 aromatic carbocycles. The SMILES string of the molecule is CC(C)CC(=O)C1CCCN(S(=O)(=O)Cc2ccc(Cl)cc2F)C1. The van der Waals surface area contributed by atoms with Crippen LogP contribution in [0.25, 0.3) is 0 Å². The number of benzene rings is 1. The fourth-order valence-corrected chi connectivity index (χ4v) is 4.74. The van der Waals surface area contributed by atoms with Gasteiger partial charge in [-0.15, -0.1) is 0 Å². The smallest absolute Gasteiger partial charge is 0.218 e. The van der Waals surface area contributed by atoms with Crippen LogP contribution in [-0.2, 0) is 20.6 Å². The van der Waals surface area contributed by atoms with E-state index in [1.807, 2.05) is 13.8 Å². The standard InChI is InChI=1S/C17H23ClFNO3S/c1-12(2)8-17(21)13-4-3-7-20(10-13)24(22,23)11-14-5-6-15(18)9-16(14)19/h5-6,9,12-13H,3-4,7-8,10-11H2,1-2H3. The predicted octanol–water partition coefficient (Wildman–Crippen LogP) is 3.64. The number of sulfonamides is 1. The van der Waals surface area contributed by atoms with Gasteiger partial charge in [-0.1, -0.05) is 31.5 Å². The van der Waals surface area contributed by atoms with Crippen LogP contribution in [0.2, 0.25) is 5.02 Å². The topological polar surface area (TPSA) is 54.5 Å². The first-order chi connectivity index (χ1) is 11.2. The van der Waals surface area contributed by atoms with Crippen LogP contribution in [0.3, 0.4) is 0 Å². The summed E-state index contributed by atoms with van der Waals surface area (Å²) >= 11 is 5.69. The molecule has 1 unspecified atom stereocenters. The summed E-state index contributed by atoms with van der Waals surface area (Å²) in [7, 11) is -3.67. The Morgan fingerprint density at radius 2 is 2.12 bits per heavy atom. The molecule has 1 aliphatic rings. The van der Waals surface area contributed by atoms with Gasteiger partial charge in [0.1, 0.15) is 11.6 Å². The molecule has 0 amide bonds. The number of hydrogen-bond donors (Lipinski definition) is 0. The van der Waals surface area contributed by atoms with Crippen molar-refractivity contribution in [2.24, 2.45) is 11.8 Å². The Hall–Kier alpha value is -0.980. The lowest BCUT2D eigenvalue weighted by Gasteiger charge is -2.31. The third-order valence-corrected chi connectivity index (χ3v) is 6.22. The highest BCUT2D eigenvalue weighted by atomic mass is 35.5. The summed E-state index contributed by atoms with van der Waals surface area (Å²) in [5.41, 5.74) is 0.0926. The molecule has 1 atom stereocenters. The van der Waals surface area contributed by atoms with Crippen LogP contribution in [0.15, 0.2) is 18.2 Å². The van der Waals surface area contributed by atoms with Gasteiger partial charge < -0.3 is 0 Å². The van der Waals surface area contributed by atoms with E-state index >= 15 is 0 Å². The summed E-state index contributed by atoms with van der Waals surface area (Å²) < 4.78 is 40.4. The van der Waals surface area contributed by atoms with Gasteiger partial charge in [0.25, 0.3) is 0 Å². The molecule has 2 rings (SSSR count). The zero-order chi connectivity index (χ0) is 17.9. The number of nitrogens with zero attached hydrogens (tertiary/aromatic N) is 1. The van der Waals surface area contributed by atoms with E-state index in [9.17, 15) is 17.6 Å². The van der Waals surface area contributed by atoms with Gasteiger partial charge in [0.2, 0.25) is 10.0 Å². The number of hydrogen-bond acceptors (Lipinski definition) is 3. The molecule has 1 fully saturated rings. The fourth-order valence-electron chi connectivity index (χ4n) is 2.95. The molecule has 0 aliphatic carbocycles. The Kier molecular flexibility index (Phi) is 6.39. The molecule has 7 heteroatoms. The van der Waals surface area contributed by atoms with Crippen LogP contribution in [0.4, 0.5) is 4.39 Å². The third-order valence-electron chi connectivity index (χ3n) is 4.20. The van der Waals surface area contributed by atoms with Gasteiger partial charge in [0.15, 0.2) is 0 Å². The zero-order valence-corrected chi connectivity index (χ0v) is 15.5. The zero-order valence-electron chi connectivity index (χ0n) is 14.0. The number of piperidine rings is 1. The highest BCUT2D eigenvalue weighted by Gasteiger charge is 2.32. The first-order valence-electron chi connectivity index (χ1n) is 8.13. The Morgan fingerprint density at radius 1 is 1.42 bits per heavy atom. The van der Waals surface area contributed by atoms with Crippen molar-refractivity contribution in [2.45, 2.75) is 38.9 Å². The Balaban J connectivity index is 2.09. The van der Waals surface area contributed by atoms with Gasteiger partial charge >= 0.3 is 0 Å². The maximum atomic E-state index is 13.9. The normalized spacial score (nSPS) is 19.6. The number of carbonyl (C=O) groups excluding carboxylic acids is 1. The lowest BCUT2D eigenvalue weighted by atomic mass is 9.90. The van der Waals surface area contributed by atoms with Crippen molar-refractivity contribution in [3.05, 3.63) is 34.6 Å². The fraction of sp³-hybridized carbons (Fsp3) is 0.588. The number of carbonyl (C=O) groups is 1. The van der Waals surface area contributed by atoms with Crippen molar-refractivity contribution in [3.8, 4) is 0 Å². The van der Waals surface area contributed by atoms with E-state index in [4.69, 9.17) is 11.6 Å². The second-order valence-electron chi connectivity index (χ2n) is 6.75. The molecule has 134 valence electrons. The van der Waals surface area contributed by atoms with Gasteiger partial charge in [0, 0.05) is 36.0 Å². The molecule has 1 aliphatic heterocycles. The minimum Gasteiger partial charge on any atom is -0.299 e. The lowest BCUT2D eigenvalue weighted by Crippen LogP contribution is -2.43. The molecule has 0 spiro atoms. The van der Waals surface area contributed by atoms with Crippen LogP contribution in [0.5, 0.6) is 0 Å². The quantitative estimate of drug-likeness (QED) is 0.762. The summed E-state index contributed by atoms with van der Waals surface area (Å²) in [4.78, 5) is 12.2. The number of halogens is 2. The summed E-state index contributed by atoms with van der Waals surface area (Å²) in [6, 6.07) is 3.97. The summed E-state index contributed by atoms with van der Waals surface area (Å²) in [5, 5.41) is 0.228. The van der Waals surface area contributed by atoms with E-state index in [1.165, 1.54) is 16.4 Å². The second-order valence-corrected chi connectivity index (χ2v) is 9.16. The molecule has 1 aromatic rings. The summed E-state index contributed by atoms with van der Waals surface area (Å²) in [6.45, 7) is 4.52. The molecule has 0 aromatic heterocycles. The van der Waals surface area contributed by atoms with Crippen molar-refractivity contribution in [3.63, 3.8) is 0 Å². The number of ketones is 1. The summed E-state index contributed by atoms with van der Waals surface area (Å²) in [5.74, 6) is -0.933. The predicted molar refractivity (Wildman–Crippen MR) is 92.8 cm³/mol. The molecule has 4 nitrogen and oxygen atoms in total. The van der Waals surface area contributed by atoms with Crippen molar-refractivity contribution in [1.29, 1.82) is 0 Å². The average Bonchev–Trinajstić information content (AvgIpc) is 2.49. The maximum Gasteiger partial charge on any atom is 0.218 e. The van der Waals surface area contributed by atoms with E-state index in [2.05, 4.69) is 0 Å². The lowest BCUT2D eigenvalue weighted by molar-refractivity contribution is -0.124. The minimum atomic E-state index is -3.67. The molecule has 0 bridgehead atoms. The van der Waals surface area contributed by atoms with Gasteiger partial charge in [-0.25, -0.2) is 17.1 Å². The van der Waals surface area contributed by atoms with Gasteiger partial charge in [-0.2, -0.15) is 0 Å². The van der Waals surface area contributed by atoms with Gasteiger partial charge in [-0.05, 0) is 30.9 Å². The Morgan fingerprint density at radius 3 is 2.75 bits per heavy atom. The molecule has 1 saturated heterocycles. The molecular weight excluding hydrogens is 353 g/mol. The maximum absolute atomic E-state index is 13.9. The van der Waals surface area contributed by atoms with E-state index in [-0.39, 0.29) is 34.7 Å². The third kappa shape index (κ3) is 5.01. The highest BCUT2D eigenvalue weighted by Crippen LogP contribution is 2.25. The minimum absolute atomic E-state index is 0.0926. The first kappa shape index (κ1) is 19.3. The van der Waals surface area contributed by atoms with Crippen LogP contribution >= 0.6 is 11.6 Å². The van der Waals surface area contributed by atoms with Crippen molar-refractivity contribution >= 4 is 27.4 Å². The van der Waals surface area contributed by atoms with E-state index in [0.29, 0.717) is 25.8 Å². The van der Waals surface area contributed by atoms with Crippen molar-refractivity contribution < 1.29 is 17.6 Å². The van der Waals surface area contributed by atoms with Crippen LogP contribution < -0.4 is 0 Å². The van der Waals surface area contributed by atoms with Crippen molar-refractivity contribution in [1.82, 2.24) is 4.31 Å². The second kappa shape index (κ2) is 7.93. The van der Waals surface area contributed by atoms with Crippen LogP contribution in [0, 0.1) is 17.7 Å². The van der Waals surface area contributed by atoms with E-state index < -0.39 is 21.6 Å². The van der Waals surface area contributed by atoms with E-state index in [0.717, 1.165) is 6.07 Å². The Bertz CT molecular complexity index is 706. The van der Waals surface area contributed by atoms with Crippen LogP contribution in [-0.4, -0.2) is 31.6 Å². The molecule has 0 saturated carbocycles. The average molecular weight is 376 g/mol. The number of rotatable bonds is 6. The van der Waals surface area contributed by atoms with Gasteiger partial charge in [0.05, 0.1) is 5.75 Å². The van der Waals surface area contributed by atoms with Crippen LogP contribution in [0.1, 0.15) is 38.7 Å². The summed E-state index contributed by atoms with van der Waals surface area (Å²) in [6.07, 6.45) is 1.83. The first-order valence-corrected chi connectivity index (χ1v) is 10.1.